The number of carbonyl (C=O) groups excluding carboxylic acids is 1. The van der Waals surface area contributed by atoms with E-state index < -0.39 is 0 Å². The van der Waals surface area contributed by atoms with Crippen molar-refractivity contribution in [1.29, 1.82) is 0 Å². The summed E-state index contributed by atoms with van der Waals surface area (Å²) in [5, 5.41) is 0. The van der Waals surface area contributed by atoms with Crippen molar-refractivity contribution in [2.24, 2.45) is 5.92 Å². The zero-order valence-electron chi connectivity index (χ0n) is 13.3. The molecule has 1 aliphatic rings. The second-order valence-electron chi connectivity index (χ2n) is 5.96. The van der Waals surface area contributed by atoms with Crippen molar-refractivity contribution < 1.29 is 9.53 Å². The first-order chi connectivity index (χ1) is 10.0. The summed E-state index contributed by atoms with van der Waals surface area (Å²) in [6.07, 6.45) is 6.14. The first-order valence-corrected chi connectivity index (χ1v) is 7.92. The van der Waals surface area contributed by atoms with Crippen LogP contribution in [-0.2, 0) is 11.3 Å². The van der Waals surface area contributed by atoms with Crippen molar-refractivity contribution in [2.75, 3.05) is 6.61 Å². The van der Waals surface area contributed by atoms with Gasteiger partial charge < -0.3 is 9.30 Å². The quantitative estimate of drug-likeness (QED) is 0.800. The maximum atomic E-state index is 12.3. The van der Waals surface area contributed by atoms with Gasteiger partial charge in [-0.25, -0.2) is 4.79 Å². The standard InChI is InChI=1S/C17H25NO3/c1-4-21-17(20)16-12(2)10-15(19)18(13(16)3)11-14-8-6-5-7-9-14/h10,14H,4-9,11H2,1-3H3. The van der Waals surface area contributed by atoms with E-state index in [2.05, 4.69) is 0 Å². The third kappa shape index (κ3) is 3.55. The molecule has 0 aromatic carbocycles. The van der Waals surface area contributed by atoms with Crippen LogP contribution in [0.1, 0.15) is 60.6 Å². The van der Waals surface area contributed by atoms with Crippen LogP contribution in [0.2, 0.25) is 0 Å². The molecule has 0 unspecified atom stereocenters. The molecule has 2 rings (SSSR count). The van der Waals surface area contributed by atoms with Gasteiger partial charge in [0.25, 0.3) is 5.56 Å². The van der Waals surface area contributed by atoms with Crippen molar-refractivity contribution >= 4 is 5.97 Å². The van der Waals surface area contributed by atoms with Crippen molar-refractivity contribution in [3.63, 3.8) is 0 Å². The van der Waals surface area contributed by atoms with Gasteiger partial charge in [-0.1, -0.05) is 19.3 Å². The molecular weight excluding hydrogens is 266 g/mol. The zero-order valence-corrected chi connectivity index (χ0v) is 13.3. The summed E-state index contributed by atoms with van der Waals surface area (Å²) in [5.74, 6) is 0.220. The zero-order chi connectivity index (χ0) is 15.4. The van der Waals surface area contributed by atoms with Crippen LogP contribution >= 0.6 is 0 Å². The van der Waals surface area contributed by atoms with Crippen LogP contribution in [0, 0.1) is 19.8 Å². The lowest BCUT2D eigenvalue weighted by Gasteiger charge is -2.24. The maximum Gasteiger partial charge on any atom is 0.340 e. The highest BCUT2D eigenvalue weighted by atomic mass is 16.5. The smallest absolute Gasteiger partial charge is 0.340 e. The first kappa shape index (κ1) is 15.8. The van der Waals surface area contributed by atoms with Crippen molar-refractivity contribution in [3.8, 4) is 0 Å². The molecule has 1 aromatic heterocycles. The summed E-state index contributed by atoms with van der Waals surface area (Å²) in [7, 11) is 0. The highest BCUT2D eigenvalue weighted by Crippen LogP contribution is 2.25. The fraction of sp³-hybridized carbons (Fsp3) is 0.647. The monoisotopic (exact) mass is 291 g/mol. The summed E-state index contributed by atoms with van der Waals surface area (Å²) >= 11 is 0. The van der Waals surface area contributed by atoms with Crippen molar-refractivity contribution in [2.45, 2.75) is 59.4 Å². The van der Waals surface area contributed by atoms with Crippen LogP contribution in [0.15, 0.2) is 10.9 Å². The molecule has 1 aliphatic carbocycles. The summed E-state index contributed by atoms with van der Waals surface area (Å²) in [6, 6.07) is 1.56. The Bertz CT molecular complexity index is 568. The lowest BCUT2D eigenvalue weighted by atomic mass is 9.89. The Labute approximate surface area is 126 Å². The molecule has 0 bridgehead atoms. The minimum absolute atomic E-state index is 0.0105. The Morgan fingerprint density at radius 1 is 1.29 bits per heavy atom. The predicted molar refractivity (Wildman–Crippen MR) is 82.7 cm³/mol. The van der Waals surface area contributed by atoms with Gasteiger partial charge in [-0.3, -0.25) is 4.79 Å². The van der Waals surface area contributed by atoms with E-state index in [0.29, 0.717) is 23.7 Å². The molecule has 0 N–H and O–H groups in total. The summed E-state index contributed by atoms with van der Waals surface area (Å²) in [5.41, 5.74) is 1.98. The molecule has 116 valence electrons. The molecule has 1 heterocycles. The minimum Gasteiger partial charge on any atom is -0.462 e. The first-order valence-electron chi connectivity index (χ1n) is 7.92. The average Bonchev–Trinajstić information content (AvgIpc) is 2.44. The lowest BCUT2D eigenvalue weighted by molar-refractivity contribution is 0.0523. The van der Waals surface area contributed by atoms with E-state index in [9.17, 15) is 9.59 Å². The summed E-state index contributed by atoms with van der Waals surface area (Å²) < 4.78 is 6.88. The van der Waals surface area contributed by atoms with Crippen LogP contribution in [0.3, 0.4) is 0 Å². The number of esters is 1. The van der Waals surface area contributed by atoms with Gasteiger partial charge in [-0.2, -0.15) is 0 Å². The second kappa shape index (κ2) is 6.92. The molecule has 0 aliphatic heterocycles. The highest BCUT2D eigenvalue weighted by molar-refractivity contribution is 5.92. The number of rotatable bonds is 4. The molecule has 4 nitrogen and oxygen atoms in total. The molecule has 4 heteroatoms. The molecule has 21 heavy (non-hydrogen) atoms. The number of aryl methyl sites for hydroxylation is 1. The van der Waals surface area contributed by atoms with Crippen molar-refractivity contribution in [3.05, 3.63) is 33.2 Å². The van der Waals surface area contributed by atoms with Gasteiger partial charge >= 0.3 is 5.97 Å². The molecule has 1 saturated carbocycles. The topological polar surface area (TPSA) is 48.3 Å². The number of carbonyl (C=O) groups is 1. The molecule has 1 aromatic rings. The van der Waals surface area contributed by atoms with E-state index in [1.807, 2.05) is 6.92 Å². The van der Waals surface area contributed by atoms with E-state index in [0.717, 1.165) is 12.2 Å². The Morgan fingerprint density at radius 3 is 2.57 bits per heavy atom. The second-order valence-corrected chi connectivity index (χ2v) is 5.96. The fourth-order valence-corrected chi connectivity index (χ4v) is 3.29. The van der Waals surface area contributed by atoms with E-state index in [4.69, 9.17) is 4.74 Å². The maximum absolute atomic E-state index is 12.3. The molecule has 1 fully saturated rings. The van der Waals surface area contributed by atoms with Crippen LogP contribution < -0.4 is 5.56 Å². The Kier molecular flexibility index (Phi) is 5.21. The predicted octanol–water partition coefficient (Wildman–Crippen LogP) is 3.22. The third-order valence-electron chi connectivity index (χ3n) is 4.41. The lowest BCUT2D eigenvalue weighted by Crippen LogP contribution is -2.29. The van der Waals surface area contributed by atoms with Gasteiger partial charge in [-0.05, 0) is 45.1 Å². The third-order valence-corrected chi connectivity index (χ3v) is 4.41. The van der Waals surface area contributed by atoms with E-state index >= 15 is 0 Å². The van der Waals surface area contributed by atoms with Crippen LogP contribution in [0.5, 0.6) is 0 Å². The fourth-order valence-electron chi connectivity index (χ4n) is 3.29. The number of aromatic nitrogens is 1. The highest BCUT2D eigenvalue weighted by Gasteiger charge is 2.20. The largest absolute Gasteiger partial charge is 0.462 e. The minimum atomic E-state index is -0.329. The molecule has 0 saturated heterocycles. The molecule has 0 spiro atoms. The van der Waals surface area contributed by atoms with E-state index in [1.54, 1.807) is 24.5 Å². The van der Waals surface area contributed by atoms with Crippen molar-refractivity contribution in [1.82, 2.24) is 4.57 Å². The SMILES string of the molecule is CCOC(=O)c1c(C)cc(=O)n(CC2CCCCC2)c1C. The van der Waals surface area contributed by atoms with Crippen LogP contribution in [0.4, 0.5) is 0 Å². The van der Waals surface area contributed by atoms with Gasteiger partial charge in [-0.15, -0.1) is 0 Å². The normalized spacial score (nSPS) is 16.0. The van der Waals surface area contributed by atoms with Gasteiger partial charge in [0.15, 0.2) is 0 Å². The summed E-state index contributed by atoms with van der Waals surface area (Å²) in [4.78, 5) is 24.4. The molecule has 0 amide bonds. The average molecular weight is 291 g/mol. The number of hydrogen-bond donors (Lipinski definition) is 0. The van der Waals surface area contributed by atoms with Gasteiger partial charge in [0, 0.05) is 18.3 Å². The molecular formula is C17H25NO3. The Hall–Kier alpha value is -1.58. The summed E-state index contributed by atoms with van der Waals surface area (Å²) in [6.45, 7) is 6.51. The molecule has 0 atom stereocenters. The number of nitrogens with zero attached hydrogens (tertiary/aromatic N) is 1. The van der Waals surface area contributed by atoms with E-state index in [1.165, 1.54) is 32.1 Å². The number of hydrogen-bond acceptors (Lipinski definition) is 3. The number of ether oxygens (including phenoxy) is 1. The van der Waals surface area contributed by atoms with Crippen LogP contribution in [-0.4, -0.2) is 17.1 Å². The Morgan fingerprint density at radius 2 is 1.95 bits per heavy atom. The number of pyridine rings is 1. The Balaban J connectivity index is 2.34. The van der Waals surface area contributed by atoms with Gasteiger partial charge in [0.1, 0.15) is 0 Å². The van der Waals surface area contributed by atoms with Gasteiger partial charge in [0.05, 0.1) is 12.2 Å². The van der Waals surface area contributed by atoms with Gasteiger partial charge in [0.2, 0.25) is 0 Å². The van der Waals surface area contributed by atoms with E-state index in [-0.39, 0.29) is 11.5 Å². The molecule has 0 radical (unpaired) electrons. The van der Waals surface area contributed by atoms with Crippen LogP contribution in [0.25, 0.3) is 0 Å².